The van der Waals surface area contributed by atoms with E-state index in [0.29, 0.717) is 11.7 Å². The van der Waals surface area contributed by atoms with E-state index in [0.717, 1.165) is 30.6 Å². The number of ether oxygens (including phenoxy) is 1. The summed E-state index contributed by atoms with van der Waals surface area (Å²) in [5, 5.41) is 0. The maximum absolute atomic E-state index is 14.9. The minimum atomic E-state index is -0.311. The highest BCUT2D eigenvalue weighted by atomic mass is 32.2. The molecule has 30 heavy (non-hydrogen) atoms. The lowest BCUT2D eigenvalue weighted by Crippen LogP contribution is -2.43. The number of benzene rings is 3. The van der Waals surface area contributed by atoms with Gasteiger partial charge >= 0.3 is 0 Å². The summed E-state index contributed by atoms with van der Waals surface area (Å²) >= 11 is 0. The van der Waals surface area contributed by atoms with Crippen LogP contribution in [0.5, 0.6) is 5.75 Å². The second kappa shape index (κ2) is 9.26. The molecule has 1 fully saturated rings. The molecule has 1 nitrogen and oxygen atoms in total. The molecule has 0 bridgehead atoms. The highest BCUT2D eigenvalue weighted by Gasteiger charge is 2.39. The monoisotopic (exact) mass is 421 g/mol. The third-order valence-electron chi connectivity index (χ3n) is 6.16. The molecule has 4 rings (SSSR count). The maximum Gasteiger partial charge on any atom is 0.170 e. The standard InChI is InChI=1S/C27H30FOS/c1-21(2)27(18-10-5-11-19-27)29-26-20-24(16-17-25(26)28)30(22-12-6-3-7-13-22)23-14-8-4-9-15-23/h3-4,6-9,12-17,20-21H,5,10-11,18-19H2,1-2H3/q+1. The maximum atomic E-state index is 14.9. The van der Waals surface area contributed by atoms with Crippen LogP contribution in [0.4, 0.5) is 4.39 Å². The molecule has 0 radical (unpaired) electrons. The molecule has 0 amide bonds. The molecular weight excluding hydrogens is 391 g/mol. The molecular formula is C27H30FOS+. The van der Waals surface area contributed by atoms with Gasteiger partial charge in [0.1, 0.15) is 5.60 Å². The minimum absolute atomic E-state index is 0.268. The highest BCUT2D eigenvalue weighted by Crippen LogP contribution is 2.41. The molecule has 0 aliphatic heterocycles. The Hall–Kier alpha value is -2.26. The zero-order chi connectivity index (χ0) is 21.0. The van der Waals surface area contributed by atoms with Gasteiger partial charge in [0.25, 0.3) is 0 Å². The van der Waals surface area contributed by atoms with Crippen LogP contribution in [0.15, 0.2) is 93.5 Å². The quantitative estimate of drug-likeness (QED) is 0.371. The van der Waals surface area contributed by atoms with E-state index in [4.69, 9.17) is 4.74 Å². The Kier molecular flexibility index (Phi) is 6.48. The predicted molar refractivity (Wildman–Crippen MR) is 123 cm³/mol. The van der Waals surface area contributed by atoms with Gasteiger partial charge in [0, 0.05) is 6.07 Å². The zero-order valence-electron chi connectivity index (χ0n) is 17.8. The fourth-order valence-corrected chi connectivity index (χ4v) is 6.48. The molecule has 0 spiro atoms. The van der Waals surface area contributed by atoms with E-state index in [1.54, 1.807) is 6.07 Å². The Morgan fingerprint density at radius 3 is 1.87 bits per heavy atom. The SMILES string of the molecule is CC(C)C1(Oc2cc([S+](c3ccccc3)c3ccccc3)ccc2F)CCCCC1. The van der Waals surface area contributed by atoms with Crippen LogP contribution in [-0.4, -0.2) is 5.60 Å². The van der Waals surface area contributed by atoms with E-state index >= 15 is 0 Å². The van der Waals surface area contributed by atoms with E-state index in [2.05, 4.69) is 62.4 Å². The molecule has 0 atom stereocenters. The number of hydrogen-bond acceptors (Lipinski definition) is 1. The van der Waals surface area contributed by atoms with Gasteiger partial charge in [0.05, 0.1) is 10.9 Å². The summed E-state index contributed by atoms with van der Waals surface area (Å²) < 4.78 is 21.4. The van der Waals surface area contributed by atoms with Gasteiger partial charge < -0.3 is 4.74 Å². The van der Waals surface area contributed by atoms with Crippen LogP contribution in [0, 0.1) is 11.7 Å². The first-order valence-electron chi connectivity index (χ1n) is 10.9. The summed E-state index contributed by atoms with van der Waals surface area (Å²) in [5.74, 6) is 0.476. The first kappa shape index (κ1) is 21.0. The summed E-state index contributed by atoms with van der Waals surface area (Å²) in [4.78, 5) is 3.52. The summed E-state index contributed by atoms with van der Waals surface area (Å²) in [6.45, 7) is 4.40. The van der Waals surface area contributed by atoms with E-state index in [9.17, 15) is 4.39 Å². The second-order valence-electron chi connectivity index (χ2n) is 8.41. The molecule has 0 unspecified atom stereocenters. The van der Waals surface area contributed by atoms with Crippen LogP contribution in [-0.2, 0) is 10.9 Å². The third-order valence-corrected chi connectivity index (χ3v) is 8.37. The molecule has 0 N–H and O–H groups in total. The molecule has 1 saturated carbocycles. The molecule has 0 aromatic heterocycles. The van der Waals surface area contributed by atoms with Crippen molar-refractivity contribution >= 4 is 10.9 Å². The van der Waals surface area contributed by atoms with Crippen molar-refractivity contribution in [2.75, 3.05) is 0 Å². The summed E-state index contributed by atoms with van der Waals surface area (Å²) in [6, 6.07) is 26.4. The van der Waals surface area contributed by atoms with Gasteiger partial charge in [-0.2, -0.15) is 0 Å². The van der Waals surface area contributed by atoms with Crippen LogP contribution in [0.1, 0.15) is 46.0 Å². The topological polar surface area (TPSA) is 9.23 Å². The Morgan fingerprint density at radius 1 is 0.767 bits per heavy atom. The van der Waals surface area contributed by atoms with Crippen LogP contribution >= 0.6 is 0 Å². The van der Waals surface area contributed by atoms with Gasteiger partial charge in [0.15, 0.2) is 26.3 Å². The van der Waals surface area contributed by atoms with E-state index < -0.39 is 0 Å². The van der Waals surface area contributed by atoms with Crippen molar-refractivity contribution in [2.45, 2.75) is 66.2 Å². The summed E-state index contributed by atoms with van der Waals surface area (Å²) in [7, 11) is -0.311. The fraction of sp³-hybridized carbons (Fsp3) is 0.333. The largest absolute Gasteiger partial charge is 0.484 e. The van der Waals surface area contributed by atoms with Crippen molar-refractivity contribution in [3.63, 3.8) is 0 Å². The lowest BCUT2D eigenvalue weighted by Gasteiger charge is -2.41. The van der Waals surface area contributed by atoms with Crippen molar-refractivity contribution in [2.24, 2.45) is 5.92 Å². The number of halogens is 1. The fourth-order valence-electron chi connectivity index (χ4n) is 4.38. The molecule has 1 aliphatic rings. The van der Waals surface area contributed by atoms with E-state index in [1.807, 2.05) is 24.3 Å². The average molecular weight is 422 g/mol. The van der Waals surface area contributed by atoms with Gasteiger partial charge in [0.2, 0.25) is 0 Å². The Balaban J connectivity index is 1.75. The molecule has 3 aromatic carbocycles. The predicted octanol–water partition coefficient (Wildman–Crippen LogP) is 7.66. The zero-order valence-corrected chi connectivity index (χ0v) is 18.6. The second-order valence-corrected chi connectivity index (χ2v) is 10.4. The normalized spacial score (nSPS) is 16.0. The lowest BCUT2D eigenvalue weighted by molar-refractivity contribution is -0.0150. The van der Waals surface area contributed by atoms with Gasteiger partial charge in [-0.05, 0) is 68.0 Å². The molecule has 0 saturated heterocycles. The van der Waals surface area contributed by atoms with Crippen LogP contribution < -0.4 is 4.74 Å². The van der Waals surface area contributed by atoms with Crippen molar-refractivity contribution in [1.29, 1.82) is 0 Å². The van der Waals surface area contributed by atoms with Crippen molar-refractivity contribution < 1.29 is 9.13 Å². The van der Waals surface area contributed by atoms with Gasteiger partial charge in [-0.15, -0.1) is 0 Å². The molecule has 156 valence electrons. The van der Waals surface area contributed by atoms with Crippen LogP contribution in [0.3, 0.4) is 0 Å². The molecule has 3 aromatic rings. The molecule has 1 aliphatic carbocycles. The average Bonchev–Trinajstić information content (AvgIpc) is 2.78. The molecule has 0 heterocycles. The van der Waals surface area contributed by atoms with Crippen LogP contribution in [0.2, 0.25) is 0 Å². The number of rotatable bonds is 6. The van der Waals surface area contributed by atoms with Crippen LogP contribution in [0.25, 0.3) is 0 Å². The van der Waals surface area contributed by atoms with Crippen molar-refractivity contribution in [1.82, 2.24) is 0 Å². The first-order valence-corrected chi connectivity index (χ1v) is 12.1. The van der Waals surface area contributed by atoms with E-state index in [1.165, 1.54) is 16.2 Å². The van der Waals surface area contributed by atoms with Gasteiger partial charge in [-0.1, -0.05) is 56.7 Å². The minimum Gasteiger partial charge on any atom is -0.484 e. The summed E-state index contributed by atoms with van der Waals surface area (Å²) in [6.07, 6.45) is 5.54. The van der Waals surface area contributed by atoms with E-state index in [-0.39, 0.29) is 22.3 Å². The van der Waals surface area contributed by atoms with Gasteiger partial charge in [-0.25, -0.2) is 4.39 Å². The first-order chi connectivity index (χ1) is 14.6. The molecule has 3 heteroatoms. The smallest absolute Gasteiger partial charge is 0.170 e. The Morgan fingerprint density at radius 2 is 1.33 bits per heavy atom. The van der Waals surface area contributed by atoms with Crippen molar-refractivity contribution in [3.8, 4) is 5.75 Å². The van der Waals surface area contributed by atoms with Gasteiger partial charge in [-0.3, -0.25) is 0 Å². The number of hydrogen-bond donors (Lipinski definition) is 0. The Bertz CT molecular complexity index is 910. The summed E-state index contributed by atoms with van der Waals surface area (Å²) in [5.41, 5.74) is -0.268. The third kappa shape index (κ3) is 4.41. The van der Waals surface area contributed by atoms with Crippen molar-refractivity contribution in [3.05, 3.63) is 84.7 Å². The lowest BCUT2D eigenvalue weighted by atomic mass is 9.77. The highest BCUT2D eigenvalue weighted by molar-refractivity contribution is 7.97. The Labute approximate surface area is 182 Å².